The van der Waals surface area contributed by atoms with Crippen LogP contribution in [0.3, 0.4) is 0 Å². The Morgan fingerprint density at radius 2 is 1.97 bits per heavy atom. The minimum atomic E-state index is -4.36. The number of pyridine rings is 1. The van der Waals surface area contributed by atoms with Crippen LogP contribution < -0.4 is 15.1 Å². The van der Waals surface area contributed by atoms with Crippen molar-refractivity contribution in [1.82, 2.24) is 15.3 Å². The van der Waals surface area contributed by atoms with E-state index in [1.165, 1.54) is 12.1 Å². The highest BCUT2D eigenvalue weighted by atomic mass is 35.5. The Bertz CT molecular complexity index is 1010. The maximum atomic E-state index is 13.0. The number of anilines is 1. The lowest BCUT2D eigenvalue weighted by Gasteiger charge is -2.37. The van der Waals surface area contributed by atoms with E-state index in [0.717, 1.165) is 6.07 Å². The third kappa shape index (κ3) is 4.85. The molecule has 1 fully saturated rings. The summed E-state index contributed by atoms with van der Waals surface area (Å²) in [5.74, 6) is 0.511. The molecule has 0 unspecified atom stereocenters. The van der Waals surface area contributed by atoms with Crippen LogP contribution in [0.1, 0.15) is 17.7 Å². The van der Waals surface area contributed by atoms with Gasteiger partial charge >= 0.3 is 6.18 Å². The number of hydrogen-bond acceptors (Lipinski definition) is 5. The number of ether oxygens (including phenoxy) is 1. The van der Waals surface area contributed by atoms with E-state index in [4.69, 9.17) is 28.6 Å². The molecule has 1 aromatic carbocycles. The number of halogens is 4. The second-order valence-electron chi connectivity index (χ2n) is 7.07. The molecule has 0 amide bonds. The number of hydrogen-bond donors (Lipinski definition) is 1. The Kier molecular flexibility index (Phi) is 6.19. The summed E-state index contributed by atoms with van der Waals surface area (Å²) in [6.07, 6.45) is -2.19. The Morgan fingerprint density at radius 3 is 2.71 bits per heavy atom. The number of nitrogens with one attached hydrogen (secondary N) is 1. The highest BCUT2D eigenvalue weighted by Crippen LogP contribution is 2.32. The smallest absolute Gasteiger partial charge is 0.416 e. The number of hydrazone groups is 1. The van der Waals surface area contributed by atoms with Crippen LogP contribution in [-0.2, 0) is 6.18 Å². The first-order valence-corrected chi connectivity index (χ1v) is 10.4. The molecule has 0 bridgehead atoms. The van der Waals surface area contributed by atoms with Crippen LogP contribution in [0.2, 0.25) is 5.02 Å². The molecule has 2 aliphatic rings. The number of nitrogens with zero attached hydrogens (tertiary/aromatic N) is 4. The molecule has 0 atom stereocenters. The molecule has 164 valence electrons. The van der Waals surface area contributed by atoms with Crippen LogP contribution in [0.15, 0.2) is 41.6 Å². The Hall–Kier alpha value is -2.59. The lowest BCUT2D eigenvalue weighted by Crippen LogP contribution is -2.51. The first kappa shape index (κ1) is 21.6. The van der Waals surface area contributed by atoms with E-state index < -0.39 is 11.7 Å². The Balaban J connectivity index is 1.37. The molecule has 4 rings (SSSR count). The van der Waals surface area contributed by atoms with Gasteiger partial charge in [0.1, 0.15) is 5.69 Å². The van der Waals surface area contributed by atoms with Gasteiger partial charge in [-0.05, 0) is 36.5 Å². The van der Waals surface area contributed by atoms with Gasteiger partial charge < -0.3 is 14.5 Å². The molecule has 31 heavy (non-hydrogen) atoms. The number of piperazine rings is 1. The standard InChI is InChI=1S/C20H19ClF3N5OS/c21-15-4-6-25-17-16(5-11-30-18(15)17)26-27-19(31)29-9-7-28(8-10-29)14-3-1-2-13(12-14)20(22,23)24/h1-4,6,12H,5,7-11H2,(H,27,31)/b26-16-. The summed E-state index contributed by atoms with van der Waals surface area (Å²) in [4.78, 5) is 8.15. The van der Waals surface area contributed by atoms with E-state index in [0.29, 0.717) is 72.2 Å². The zero-order chi connectivity index (χ0) is 22.0. The highest BCUT2D eigenvalue weighted by Gasteiger charge is 2.31. The van der Waals surface area contributed by atoms with Gasteiger partial charge in [0.05, 0.1) is 22.9 Å². The monoisotopic (exact) mass is 469 g/mol. The average Bonchev–Trinajstić information content (AvgIpc) is 2.77. The van der Waals surface area contributed by atoms with E-state index in [-0.39, 0.29) is 0 Å². The molecule has 0 saturated carbocycles. The number of fused-ring (bicyclic) bond motifs is 1. The van der Waals surface area contributed by atoms with Gasteiger partial charge in [-0.25, -0.2) is 0 Å². The minimum absolute atomic E-state index is 0.446. The topological polar surface area (TPSA) is 53.0 Å². The van der Waals surface area contributed by atoms with Crippen LogP contribution in [0.5, 0.6) is 5.75 Å². The van der Waals surface area contributed by atoms with Crippen molar-refractivity contribution in [2.45, 2.75) is 12.6 Å². The fraction of sp³-hybridized carbons (Fsp3) is 0.350. The van der Waals surface area contributed by atoms with E-state index in [1.54, 1.807) is 18.3 Å². The van der Waals surface area contributed by atoms with Gasteiger partial charge in [-0.15, -0.1) is 0 Å². The molecule has 0 aliphatic carbocycles. The molecular formula is C20H19ClF3N5OS. The highest BCUT2D eigenvalue weighted by molar-refractivity contribution is 7.80. The van der Waals surface area contributed by atoms with Gasteiger partial charge in [-0.1, -0.05) is 17.7 Å². The van der Waals surface area contributed by atoms with Crippen molar-refractivity contribution in [3.8, 4) is 5.75 Å². The second kappa shape index (κ2) is 8.88. The predicted octanol–water partition coefficient (Wildman–Crippen LogP) is 3.94. The number of alkyl halides is 3. The number of benzene rings is 1. The van der Waals surface area contributed by atoms with Crippen molar-refractivity contribution < 1.29 is 17.9 Å². The van der Waals surface area contributed by atoms with E-state index in [1.807, 2.05) is 9.80 Å². The fourth-order valence-electron chi connectivity index (χ4n) is 3.48. The maximum absolute atomic E-state index is 13.0. The van der Waals surface area contributed by atoms with Gasteiger partial charge in [0, 0.05) is 44.5 Å². The van der Waals surface area contributed by atoms with Crippen molar-refractivity contribution in [2.24, 2.45) is 5.10 Å². The lowest BCUT2D eigenvalue weighted by molar-refractivity contribution is -0.137. The van der Waals surface area contributed by atoms with E-state index in [2.05, 4.69) is 15.5 Å². The molecule has 3 heterocycles. The minimum Gasteiger partial charge on any atom is -0.489 e. The van der Waals surface area contributed by atoms with Gasteiger partial charge in [0.25, 0.3) is 0 Å². The van der Waals surface area contributed by atoms with Gasteiger partial charge in [0.2, 0.25) is 0 Å². The van der Waals surface area contributed by atoms with Crippen LogP contribution in [0.4, 0.5) is 18.9 Å². The van der Waals surface area contributed by atoms with Crippen LogP contribution in [0.25, 0.3) is 0 Å². The quantitative estimate of drug-likeness (QED) is 0.531. The Labute approximate surface area is 187 Å². The molecule has 1 saturated heterocycles. The second-order valence-corrected chi connectivity index (χ2v) is 7.86. The number of rotatable bonds is 2. The first-order valence-electron chi connectivity index (χ1n) is 9.64. The molecule has 0 spiro atoms. The SMILES string of the molecule is FC(F)(F)c1cccc(N2CCN(C(=S)N/N=C3/CCOc4c(Cl)ccnc43)CC2)c1. The molecule has 1 aromatic heterocycles. The van der Waals surface area contributed by atoms with Crippen molar-refractivity contribution in [3.05, 3.63) is 52.8 Å². The van der Waals surface area contributed by atoms with E-state index in [9.17, 15) is 13.2 Å². The molecule has 0 radical (unpaired) electrons. The fourth-order valence-corrected chi connectivity index (χ4v) is 3.91. The van der Waals surface area contributed by atoms with Crippen molar-refractivity contribution in [3.63, 3.8) is 0 Å². The summed E-state index contributed by atoms with van der Waals surface area (Å²) in [5.41, 5.74) is 4.10. The first-order chi connectivity index (χ1) is 14.8. The van der Waals surface area contributed by atoms with Gasteiger partial charge in [-0.3, -0.25) is 10.4 Å². The molecule has 6 nitrogen and oxygen atoms in total. The van der Waals surface area contributed by atoms with Gasteiger partial charge in [-0.2, -0.15) is 18.3 Å². The van der Waals surface area contributed by atoms with Crippen molar-refractivity contribution in [2.75, 3.05) is 37.7 Å². The summed E-state index contributed by atoms with van der Waals surface area (Å²) >= 11 is 11.6. The Morgan fingerprint density at radius 1 is 1.19 bits per heavy atom. The summed E-state index contributed by atoms with van der Waals surface area (Å²) in [7, 11) is 0. The average molecular weight is 470 g/mol. The van der Waals surface area contributed by atoms with Crippen molar-refractivity contribution in [1.29, 1.82) is 0 Å². The van der Waals surface area contributed by atoms with Gasteiger partial charge in [0.15, 0.2) is 10.9 Å². The number of aromatic nitrogens is 1. The van der Waals surface area contributed by atoms with Crippen LogP contribution >= 0.6 is 23.8 Å². The van der Waals surface area contributed by atoms with Crippen LogP contribution in [-0.4, -0.2) is 53.5 Å². The summed E-state index contributed by atoms with van der Waals surface area (Å²) in [6, 6.07) is 7.03. The van der Waals surface area contributed by atoms with Crippen molar-refractivity contribution >= 4 is 40.3 Å². The summed E-state index contributed by atoms with van der Waals surface area (Å²) in [6.45, 7) is 2.68. The van der Waals surface area contributed by atoms with E-state index >= 15 is 0 Å². The normalized spacial score (nSPS) is 17.9. The molecule has 1 N–H and O–H groups in total. The molecular weight excluding hydrogens is 451 g/mol. The largest absolute Gasteiger partial charge is 0.489 e. The zero-order valence-electron chi connectivity index (χ0n) is 16.3. The molecule has 11 heteroatoms. The maximum Gasteiger partial charge on any atom is 0.416 e. The third-order valence-electron chi connectivity index (χ3n) is 5.11. The third-order valence-corrected chi connectivity index (χ3v) is 5.75. The zero-order valence-corrected chi connectivity index (χ0v) is 17.9. The molecule has 2 aromatic rings. The van der Waals surface area contributed by atoms with Crippen LogP contribution in [0, 0.1) is 0 Å². The summed E-state index contributed by atoms with van der Waals surface area (Å²) < 4.78 is 44.5. The lowest BCUT2D eigenvalue weighted by atomic mass is 10.1. The summed E-state index contributed by atoms with van der Waals surface area (Å²) in [5, 5.41) is 5.33. The molecule has 2 aliphatic heterocycles. The predicted molar refractivity (Wildman–Crippen MR) is 117 cm³/mol. The number of thiocarbonyl (C=S) groups is 1.